The van der Waals surface area contributed by atoms with Gasteiger partial charge >= 0.3 is 6.03 Å². The van der Waals surface area contributed by atoms with Gasteiger partial charge in [-0.3, -0.25) is 14.5 Å². The first-order valence-corrected chi connectivity index (χ1v) is 10.1. The van der Waals surface area contributed by atoms with Crippen LogP contribution in [0.15, 0.2) is 66.7 Å². The zero-order valence-corrected chi connectivity index (χ0v) is 18.1. The van der Waals surface area contributed by atoms with Gasteiger partial charge in [-0.05, 0) is 56.2 Å². The third kappa shape index (κ3) is 4.60. The Hall–Kier alpha value is -3.61. The van der Waals surface area contributed by atoms with Crippen LogP contribution in [0, 0.1) is 0 Å². The lowest BCUT2D eigenvalue weighted by Gasteiger charge is -2.25. The second-order valence-corrected chi connectivity index (χ2v) is 7.69. The lowest BCUT2D eigenvalue weighted by Crippen LogP contribution is -2.44. The van der Waals surface area contributed by atoms with E-state index in [0.29, 0.717) is 24.5 Å². The Kier molecular flexibility index (Phi) is 6.44. The number of anilines is 1. The highest BCUT2D eigenvalue weighted by molar-refractivity contribution is 6.10. The summed E-state index contributed by atoms with van der Waals surface area (Å²) in [7, 11) is 0. The molecule has 162 valence electrons. The number of nitrogens with one attached hydrogen (secondary N) is 1. The maximum atomic E-state index is 13.2. The van der Waals surface area contributed by atoms with Crippen molar-refractivity contribution in [2.45, 2.75) is 26.3 Å². The van der Waals surface area contributed by atoms with E-state index in [4.69, 9.17) is 4.74 Å². The number of imide groups is 1. The van der Waals surface area contributed by atoms with E-state index in [1.165, 1.54) is 0 Å². The van der Waals surface area contributed by atoms with Gasteiger partial charge in [-0.15, -0.1) is 0 Å². The lowest BCUT2D eigenvalue weighted by molar-refractivity contribution is -0.134. The van der Waals surface area contributed by atoms with Crippen molar-refractivity contribution in [3.63, 3.8) is 0 Å². The Morgan fingerprint density at radius 1 is 1.13 bits per heavy atom. The highest BCUT2D eigenvalue weighted by Crippen LogP contribution is 2.30. The minimum absolute atomic E-state index is 0.329. The normalized spacial score (nSPS) is 18.0. The van der Waals surface area contributed by atoms with E-state index in [1.807, 2.05) is 44.2 Å². The zero-order valence-electron chi connectivity index (χ0n) is 18.1. The summed E-state index contributed by atoms with van der Waals surface area (Å²) < 4.78 is 5.59. The first kappa shape index (κ1) is 22.1. The molecule has 1 N–H and O–H groups in total. The van der Waals surface area contributed by atoms with E-state index < -0.39 is 17.5 Å². The quantitative estimate of drug-likeness (QED) is 0.523. The molecule has 1 heterocycles. The van der Waals surface area contributed by atoms with Crippen LogP contribution in [0.2, 0.25) is 0 Å². The summed E-state index contributed by atoms with van der Waals surface area (Å²) in [5, 5.41) is 2.73. The molecule has 7 heteroatoms. The number of carbonyl (C=O) groups is 3. The summed E-state index contributed by atoms with van der Waals surface area (Å²) >= 11 is 0. The zero-order chi connectivity index (χ0) is 22.6. The van der Waals surface area contributed by atoms with Crippen molar-refractivity contribution in [1.82, 2.24) is 10.2 Å². The molecule has 0 saturated carbocycles. The van der Waals surface area contributed by atoms with E-state index in [9.17, 15) is 14.4 Å². The number of urea groups is 1. The molecule has 1 unspecified atom stereocenters. The number of hydrogen-bond acceptors (Lipinski definition) is 4. The van der Waals surface area contributed by atoms with Gasteiger partial charge in [-0.2, -0.15) is 0 Å². The standard InChI is InChI=1S/C24H27N3O4/c1-5-26(19-9-7-6-8-10-19)21(28)15-27-22(29)24(4,25-23(27)30)18-11-13-20(14-12-18)31-16-17(2)3/h6-14H,2,5,15-16H2,1,3-4H3,(H,25,30). The molecule has 1 atom stereocenters. The minimum Gasteiger partial charge on any atom is -0.489 e. The van der Waals surface area contributed by atoms with E-state index in [2.05, 4.69) is 11.9 Å². The van der Waals surface area contributed by atoms with Gasteiger partial charge < -0.3 is 15.0 Å². The summed E-state index contributed by atoms with van der Waals surface area (Å²) in [5.74, 6) is -0.156. The first-order chi connectivity index (χ1) is 14.8. The largest absolute Gasteiger partial charge is 0.489 e. The third-order valence-electron chi connectivity index (χ3n) is 5.17. The number of carbonyl (C=O) groups excluding carboxylic acids is 3. The molecule has 1 aliphatic heterocycles. The highest BCUT2D eigenvalue weighted by Gasteiger charge is 2.49. The second kappa shape index (κ2) is 9.04. The summed E-state index contributed by atoms with van der Waals surface area (Å²) in [6.45, 7) is 9.64. The molecule has 7 nitrogen and oxygen atoms in total. The number of ether oxygens (including phenoxy) is 1. The van der Waals surface area contributed by atoms with E-state index in [0.717, 1.165) is 16.2 Å². The summed E-state index contributed by atoms with van der Waals surface area (Å²) in [5.41, 5.74) is 0.967. The number of benzene rings is 2. The third-order valence-corrected chi connectivity index (χ3v) is 5.17. The van der Waals surface area contributed by atoms with Gasteiger partial charge in [0, 0.05) is 12.2 Å². The Morgan fingerprint density at radius 2 is 1.77 bits per heavy atom. The van der Waals surface area contributed by atoms with Crippen molar-refractivity contribution >= 4 is 23.5 Å². The molecule has 3 rings (SSSR count). The van der Waals surface area contributed by atoms with Crippen LogP contribution in [0.1, 0.15) is 26.3 Å². The SMILES string of the molecule is C=C(C)COc1ccc(C2(C)NC(=O)N(CC(=O)N(CC)c3ccccc3)C2=O)cc1. The van der Waals surface area contributed by atoms with E-state index >= 15 is 0 Å². The van der Waals surface area contributed by atoms with Gasteiger partial charge in [0.25, 0.3) is 5.91 Å². The molecule has 4 amide bonds. The highest BCUT2D eigenvalue weighted by atomic mass is 16.5. The van der Waals surface area contributed by atoms with Crippen LogP contribution in [-0.2, 0) is 15.1 Å². The molecule has 0 radical (unpaired) electrons. The Labute approximate surface area is 182 Å². The van der Waals surface area contributed by atoms with Crippen LogP contribution in [0.4, 0.5) is 10.5 Å². The minimum atomic E-state index is -1.26. The van der Waals surface area contributed by atoms with Crippen LogP contribution >= 0.6 is 0 Å². The molecule has 1 fully saturated rings. The van der Waals surface area contributed by atoms with Crippen molar-refractivity contribution < 1.29 is 19.1 Å². The molecule has 31 heavy (non-hydrogen) atoms. The fourth-order valence-electron chi connectivity index (χ4n) is 3.46. The number of likely N-dealkylation sites (N-methyl/N-ethyl adjacent to an activating group) is 1. The maximum Gasteiger partial charge on any atom is 0.325 e. The maximum absolute atomic E-state index is 13.2. The molecular weight excluding hydrogens is 394 g/mol. The Morgan fingerprint density at radius 3 is 2.35 bits per heavy atom. The van der Waals surface area contributed by atoms with Gasteiger partial charge in [0.2, 0.25) is 5.91 Å². The fourth-order valence-corrected chi connectivity index (χ4v) is 3.46. The Bertz CT molecular complexity index is 988. The fraction of sp³-hybridized carbons (Fsp3) is 0.292. The van der Waals surface area contributed by atoms with Gasteiger partial charge in [-0.25, -0.2) is 4.79 Å². The predicted octanol–water partition coefficient (Wildman–Crippen LogP) is 3.46. The number of amides is 4. The van der Waals surface area contributed by atoms with Gasteiger partial charge in [0.05, 0.1) is 0 Å². The van der Waals surface area contributed by atoms with E-state index in [1.54, 1.807) is 36.1 Å². The van der Waals surface area contributed by atoms with Crippen molar-refractivity contribution in [2.24, 2.45) is 0 Å². The molecule has 1 saturated heterocycles. The van der Waals surface area contributed by atoms with Gasteiger partial charge in [0.15, 0.2) is 0 Å². The molecule has 1 aliphatic rings. The van der Waals surface area contributed by atoms with Crippen LogP contribution in [0.25, 0.3) is 0 Å². The monoisotopic (exact) mass is 421 g/mol. The number of rotatable bonds is 8. The summed E-state index contributed by atoms with van der Waals surface area (Å²) in [4.78, 5) is 41.1. The molecule has 2 aromatic rings. The number of para-hydroxylation sites is 1. The van der Waals surface area contributed by atoms with Crippen LogP contribution < -0.4 is 15.0 Å². The van der Waals surface area contributed by atoms with Crippen LogP contribution in [-0.4, -0.2) is 42.4 Å². The Balaban J connectivity index is 1.75. The molecule has 0 aliphatic carbocycles. The molecular formula is C24H27N3O4. The van der Waals surface area contributed by atoms with Crippen molar-refractivity contribution in [3.8, 4) is 5.75 Å². The second-order valence-electron chi connectivity index (χ2n) is 7.69. The van der Waals surface area contributed by atoms with E-state index in [-0.39, 0.29) is 12.5 Å². The van der Waals surface area contributed by atoms with Crippen LogP contribution in [0.5, 0.6) is 5.75 Å². The van der Waals surface area contributed by atoms with Crippen molar-refractivity contribution in [1.29, 1.82) is 0 Å². The smallest absolute Gasteiger partial charge is 0.325 e. The molecule has 0 spiro atoms. The average molecular weight is 421 g/mol. The van der Waals surface area contributed by atoms with Gasteiger partial charge in [-0.1, -0.05) is 36.9 Å². The number of nitrogens with zero attached hydrogens (tertiary/aromatic N) is 2. The lowest BCUT2D eigenvalue weighted by atomic mass is 9.92. The van der Waals surface area contributed by atoms with Crippen LogP contribution in [0.3, 0.4) is 0 Å². The molecule has 0 bridgehead atoms. The van der Waals surface area contributed by atoms with Crippen molar-refractivity contribution in [3.05, 3.63) is 72.3 Å². The summed E-state index contributed by atoms with van der Waals surface area (Å²) in [6, 6.07) is 15.5. The first-order valence-electron chi connectivity index (χ1n) is 10.1. The predicted molar refractivity (Wildman–Crippen MR) is 119 cm³/mol. The van der Waals surface area contributed by atoms with Gasteiger partial charge in [0.1, 0.15) is 24.4 Å². The topological polar surface area (TPSA) is 79.0 Å². The molecule has 2 aromatic carbocycles. The molecule has 0 aromatic heterocycles. The average Bonchev–Trinajstić information content (AvgIpc) is 2.98. The summed E-state index contributed by atoms with van der Waals surface area (Å²) in [6.07, 6.45) is 0. The number of hydrogen-bond donors (Lipinski definition) is 1. The van der Waals surface area contributed by atoms with Crippen molar-refractivity contribution in [2.75, 3.05) is 24.6 Å².